The van der Waals surface area contributed by atoms with Gasteiger partial charge in [0.2, 0.25) is 0 Å². The van der Waals surface area contributed by atoms with Gasteiger partial charge in [0.25, 0.3) is 5.91 Å². The summed E-state index contributed by atoms with van der Waals surface area (Å²) in [7, 11) is 1.49. The summed E-state index contributed by atoms with van der Waals surface area (Å²) in [6.45, 7) is 0.430. The molecule has 1 atom stereocenters. The van der Waals surface area contributed by atoms with Crippen LogP contribution in [0.25, 0.3) is 5.69 Å². The zero-order chi connectivity index (χ0) is 16.4. The Hall–Kier alpha value is -1.90. The second kappa shape index (κ2) is 7.78. The first-order chi connectivity index (χ1) is 11.1. The number of nitrogens with two attached hydrogens (primary N) is 1. The van der Waals surface area contributed by atoms with E-state index in [0.717, 1.165) is 12.8 Å². The average Bonchev–Trinajstić information content (AvgIpc) is 3.27. The van der Waals surface area contributed by atoms with Crippen LogP contribution in [-0.4, -0.2) is 45.8 Å². The van der Waals surface area contributed by atoms with Crippen molar-refractivity contribution in [3.63, 3.8) is 0 Å². The summed E-state index contributed by atoms with van der Waals surface area (Å²) in [4.78, 5) is 12.4. The normalized spacial score (nSPS) is 14.6. The Morgan fingerprint density at radius 1 is 1.54 bits per heavy atom. The number of rotatable bonds is 6. The molecule has 1 aliphatic carbocycles. The maximum absolute atomic E-state index is 12.4. The Labute approximate surface area is 150 Å². The number of carbonyl (C=O) groups is 1. The van der Waals surface area contributed by atoms with Crippen LogP contribution in [0.15, 0.2) is 18.5 Å². The van der Waals surface area contributed by atoms with E-state index >= 15 is 0 Å². The topological polar surface area (TPSA) is 108 Å². The highest BCUT2D eigenvalue weighted by molar-refractivity contribution is 6.33. The molecule has 1 saturated carbocycles. The first kappa shape index (κ1) is 18.4. The predicted octanol–water partition coefficient (Wildman–Crippen LogP) is 1.21. The number of benzene rings is 1. The molecule has 1 aromatic carbocycles. The fourth-order valence-electron chi connectivity index (χ4n) is 2.33. The third kappa shape index (κ3) is 3.95. The molecule has 1 aliphatic rings. The third-order valence-corrected chi connectivity index (χ3v) is 4.14. The smallest absolute Gasteiger partial charge is 0.255 e. The van der Waals surface area contributed by atoms with Gasteiger partial charge in [0.1, 0.15) is 12.1 Å². The molecule has 8 nitrogen and oxygen atoms in total. The highest BCUT2D eigenvalue weighted by Crippen LogP contribution is 2.32. The van der Waals surface area contributed by atoms with Gasteiger partial charge in [-0.05, 0) is 35.3 Å². The van der Waals surface area contributed by atoms with Crippen molar-refractivity contribution >= 4 is 29.9 Å². The molecule has 0 saturated heterocycles. The van der Waals surface area contributed by atoms with Crippen LogP contribution < -0.4 is 15.8 Å². The summed E-state index contributed by atoms with van der Waals surface area (Å²) in [5, 5.41) is 14.1. The van der Waals surface area contributed by atoms with Gasteiger partial charge in [-0.3, -0.25) is 4.79 Å². The van der Waals surface area contributed by atoms with Crippen molar-refractivity contribution in [3.05, 3.63) is 29.0 Å². The van der Waals surface area contributed by atoms with E-state index in [9.17, 15) is 4.79 Å². The van der Waals surface area contributed by atoms with Crippen LogP contribution in [0.5, 0.6) is 5.75 Å². The monoisotopic (exact) mass is 372 g/mol. The van der Waals surface area contributed by atoms with E-state index in [0.29, 0.717) is 34.5 Å². The molecule has 0 radical (unpaired) electrons. The number of methoxy groups -OCH3 is 1. The fourth-order valence-corrected chi connectivity index (χ4v) is 2.58. The molecule has 2 aromatic rings. The summed E-state index contributed by atoms with van der Waals surface area (Å²) in [6, 6.07) is 3.14. The number of ether oxygens (including phenoxy) is 1. The standard InChI is InChI=1S/C14H17ClN6O2.ClH/c1-23-13-5-12(21-7-18-19-20-21)10(15)4-9(13)14(22)17-6-11(16)8-2-3-8;/h4-5,7-8,11H,2-3,6,16H2,1H3,(H,17,22);1H. The van der Waals surface area contributed by atoms with Crippen molar-refractivity contribution in [2.45, 2.75) is 18.9 Å². The Morgan fingerprint density at radius 3 is 2.88 bits per heavy atom. The maximum atomic E-state index is 12.4. The lowest BCUT2D eigenvalue weighted by atomic mass is 10.1. The highest BCUT2D eigenvalue weighted by atomic mass is 35.5. The molecule has 1 heterocycles. The van der Waals surface area contributed by atoms with Gasteiger partial charge in [0.15, 0.2) is 0 Å². The first-order valence-electron chi connectivity index (χ1n) is 7.25. The second-order valence-electron chi connectivity index (χ2n) is 5.47. The van der Waals surface area contributed by atoms with Crippen molar-refractivity contribution in [3.8, 4) is 11.4 Å². The van der Waals surface area contributed by atoms with E-state index in [1.807, 2.05) is 0 Å². The molecule has 10 heteroatoms. The Morgan fingerprint density at radius 2 is 2.29 bits per heavy atom. The minimum atomic E-state index is -0.275. The number of nitrogens with zero attached hydrogens (tertiary/aromatic N) is 4. The molecular weight excluding hydrogens is 355 g/mol. The second-order valence-corrected chi connectivity index (χ2v) is 5.88. The van der Waals surface area contributed by atoms with Crippen molar-refractivity contribution in [2.75, 3.05) is 13.7 Å². The van der Waals surface area contributed by atoms with Crippen LogP contribution in [0, 0.1) is 5.92 Å². The van der Waals surface area contributed by atoms with Crippen LogP contribution >= 0.6 is 24.0 Å². The minimum Gasteiger partial charge on any atom is -0.496 e. The van der Waals surface area contributed by atoms with Crippen LogP contribution in [0.3, 0.4) is 0 Å². The maximum Gasteiger partial charge on any atom is 0.255 e. The predicted molar refractivity (Wildman–Crippen MR) is 91.0 cm³/mol. The summed E-state index contributed by atoms with van der Waals surface area (Å²) in [5.74, 6) is 0.628. The van der Waals surface area contributed by atoms with E-state index in [-0.39, 0.29) is 24.4 Å². The summed E-state index contributed by atoms with van der Waals surface area (Å²) < 4.78 is 6.69. The number of carbonyl (C=O) groups excluding carboxylic acids is 1. The average molecular weight is 373 g/mol. The number of halogens is 2. The molecule has 0 spiro atoms. The van der Waals surface area contributed by atoms with Gasteiger partial charge in [-0.2, -0.15) is 4.68 Å². The van der Waals surface area contributed by atoms with Crippen molar-refractivity contribution in [1.29, 1.82) is 0 Å². The highest BCUT2D eigenvalue weighted by Gasteiger charge is 2.28. The Kier molecular flexibility index (Phi) is 5.98. The molecule has 3 rings (SSSR count). The molecular formula is C14H18Cl2N6O2. The van der Waals surface area contributed by atoms with E-state index in [1.165, 1.54) is 24.2 Å². The van der Waals surface area contributed by atoms with Crippen molar-refractivity contribution in [2.24, 2.45) is 11.7 Å². The van der Waals surface area contributed by atoms with Crippen LogP contribution in [0.1, 0.15) is 23.2 Å². The number of hydrogen-bond donors (Lipinski definition) is 2. The Bertz CT molecular complexity index is 706. The summed E-state index contributed by atoms with van der Waals surface area (Å²) >= 11 is 6.24. The first-order valence-corrected chi connectivity index (χ1v) is 7.62. The van der Waals surface area contributed by atoms with Crippen LogP contribution in [-0.2, 0) is 0 Å². The Balaban J connectivity index is 0.00000208. The SMILES string of the molecule is COc1cc(-n2cnnn2)c(Cl)cc1C(=O)NCC(N)C1CC1.Cl. The molecule has 1 unspecified atom stereocenters. The minimum absolute atomic E-state index is 0. The van der Waals surface area contributed by atoms with E-state index in [1.54, 1.807) is 6.07 Å². The number of amides is 1. The van der Waals surface area contributed by atoms with E-state index in [2.05, 4.69) is 20.8 Å². The molecule has 24 heavy (non-hydrogen) atoms. The molecule has 3 N–H and O–H groups in total. The van der Waals surface area contributed by atoms with Gasteiger partial charge in [-0.25, -0.2) is 0 Å². The van der Waals surface area contributed by atoms with Gasteiger partial charge in [-0.15, -0.1) is 17.5 Å². The molecule has 1 amide bonds. The number of hydrogen-bond acceptors (Lipinski definition) is 6. The lowest BCUT2D eigenvalue weighted by molar-refractivity contribution is 0.0947. The molecule has 0 aliphatic heterocycles. The quantitative estimate of drug-likeness (QED) is 0.788. The molecule has 1 aromatic heterocycles. The summed E-state index contributed by atoms with van der Waals surface area (Å²) in [6.07, 6.45) is 3.68. The van der Waals surface area contributed by atoms with Gasteiger partial charge in [0.05, 0.1) is 23.4 Å². The molecule has 130 valence electrons. The fraction of sp³-hybridized carbons (Fsp3) is 0.429. The van der Waals surface area contributed by atoms with Crippen molar-refractivity contribution < 1.29 is 9.53 Å². The van der Waals surface area contributed by atoms with Gasteiger partial charge in [-0.1, -0.05) is 11.6 Å². The van der Waals surface area contributed by atoms with Crippen LogP contribution in [0.4, 0.5) is 0 Å². The zero-order valence-electron chi connectivity index (χ0n) is 13.0. The lowest BCUT2D eigenvalue weighted by Gasteiger charge is -2.14. The zero-order valence-corrected chi connectivity index (χ0v) is 14.5. The van der Waals surface area contributed by atoms with E-state index < -0.39 is 0 Å². The van der Waals surface area contributed by atoms with Gasteiger partial charge in [0, 0.05) is 18.7 Å². The van der Waals surface area contributed by atoms with E-state index in [4.69, 9.17) is 22.1 Å². The van der Waals surface area contributed by atoms with Gasteiger partial charge < -0.3 is 15.8 Å². The third-order valence-electron chi connectivity index (χ3n) is 3.84. The number of aromatic nitrogens is 4. The summed E-state index contributed by atoms with van der Waals surface area (Å²) in [5.41, 5.74) is 6.87. The molecule has 0 bridgehead atoms. The number of nitrogens with one attached hydrogen (secondary N) is 1. The number of tetrazole rings is 1. The molecule has 1 fully saturated rings. The van der Waals surface area contributed by atoms with Crippen molar-refractivity contribution in [1.82, 2.24) is 25.5 Å². The lowest BCUT2D eigenvalue weighted by Crippen LogP contribution is -2.38. The largest absolute Gasteiger partial charge is 0.496 e. The van der Waals surface area contributed by atoms with Gasteiger partial charge >= 0.3 is 0 Å². The van der Waals surface area contributed by atoms with Crippen LogP contribution in [0.2, 0.25) is 5.02 Å².